The van der Waals surface area contributed by atoms with Crippen LogP contribution in [0.2, 0.25) is 0 Å². The minimum atomic E-state index is -0.976. The highest BCUT2D eigenvalue weighted by Gasteiger charge is 2.50. The van der Waals surface area contributed by atoms with E-state index in [2.05, 4.69) is 12.2 Å². The van der Waals surface area contributed by atoms with E-state index in [9.17, 15) is 9.59 Å². The summed E-state index contributed by atoms with van der Waals surface area (Å²) in [5.41, 5.74) is 1.03. The lowest BCUT2D eigenvalue weighted by atomic mass is 9.86. The predicted molar refractivity (Wildman–Crippen MR) is 82.9 cm³/mol. The van der Waals surface area contributed by atoms with Gasteiger partial charge in [-0.15, -0.1) is 0 Å². The van der Waals surface area contributed by atoms with Gasteiger partial charge in [-0.05, 0) is 30.4 Å². The molecule has 1 N–H and O–H groups in total. The van der Waals surface area contributed by atoms with Crippen molar-refractivity contribution in [1.29, 1.82) is 5.26 Å². The first kappa shape index (κ1) is 16.0. The minimum absolute atomic E-state index is 0.220. The van der Waals surface area contributed by atoms with Crippen LogP contribution in [0.15, 0.2) is 24.3 Å². The summed E-state index contributed by atoms with van der Waals surface area (Å²) in [6, 6.07) is 9.47. The van der Waals surface area contributed by atoms with Crippen LogP contribution in [0.5, 0.6) is 0 Å². The minimum Gasteiger partial charge on any atom is -0.319 e. The molecule has 5 nitrogen and oxygen atoms in total. The molecular formula is C17H21N3O2. The number of benzene rings is 1. The number of rotatable bonds is 6. The second kappa shape index (κ2) is 6.61. The largest absolute Gasteiger partial charge is 0.325 e. The summed E-state index contributed by atoms with van der Waals surface area (Å²) < 4.78 is 0. The Labute approximate surface area is 130 Å². The van der Waals surface area contributed by atoms with Gasteiger partial charge in [-0.25, -0.2) is 4.79 Å². The first-order valence-corrected chi connectivity index (χ1v) is 7.69. The standard InChI is InChI=1S/C17H21N3O2/c1-3-13-7-9-14(10-8-13)17(4-2)15(21)20(16(22)19-17)12-6-5-11-18/h7-10H,3-6,12H2,1-2H3,(H,19,22). The van der Waals surface area contributed by atoms with Crippen molar-refractivity contribution in [2.45, 2.75) is 45.1 Å². The number of carbonyl (C=O) groups excluding carboxylic acids is 2. The molecule has 1 fully saturated rings. The number of hydrogen-bond acceptors (Lipinski definition) is 3. The second-order valence-electron chi connectivity index (χ2n) is 5.46. The van der Waals surface area contributed by atoms with Crippen molar-refractivity contribution >= 4 is 11.9 Å². The van der Waals surface area contributed by atoms with Crippen LogP contribution in [-0.4, -0.2) is 23.4 Å². The van der Waals surface area contributed by atoms with Crippen molar-refractivity contribution in [1.82, 2.24) is 10.2 Å². The van der Waals surface area contributed by atoms with Crippen molar-refractivity contribution in [2.24, 2.45) is 0 Å². The lowest BCUT2D eigenvalue weighted by Crippen LogP contribution is -2.43. The fraction of sp³-hybridized carbons (Fsp3) is 0.471. The fourth-order valence-corrected chi connectivity index (χ4v) is 2.81. The van der Waals surface area contributed by atoms with Crippen LogP contribution in [0.3, 0.4) is 0 Å². The highest BCUT2D eigenvalue weighted by Crippen LogP contribution is 2.32. The van der Waals surface area contributed by atoms with E-state index in [0.717, 1.165) is 12.0 Å². The van der Waals surface area contributed by atoms with Gasteiger partial charge in [0.1, 0.15) is 5.54 Å². The van der Waals surface area contributed by atoms with Gasteiger partial charge >= 0.3 is 6.03 Å². The summed E-state index contributed by atoms with van der Waals surface area (Å²) in [7, 11) is 0. The van der Waals surface area contributed by atoms with E-state index in [0.29, 0.717) is 19.3 Å². The Morgan fingerprint density at radius 2 is 1.91 bits per heavy atom. The maximum absolute atomic E-state index is 12.8. The molecular weight excluding hydrogens is 278 g/mol. The lowest BCUT2D eigenvalue weighted by Gasteiger charge is -2.26. The molecule has 1 saturated heterocycles. The Balaban J connectivity index is 2.28. The van der Waals surface area contributed by atoms with Crippen LogP contribution in [0.4, 0.5) is 4.79 Å². The van der Waals surface area contributed by atoms with E-state index >= 15 is 0 Å². The number of nitrogens with one attached hydrogen (secondary N) is 1. The predicted octanol–water partition coefficient (Wildman–Crippen LogP) is 2.71. The average Bonchev–Trinajstić information content (AvgIpc) is 2.80. The molecule has 0 aliphatic carbocycles. The van der Waals surface area contributed by atoms with Crippen molar-refractivity contribution in [2.75, 3.05) is 6.54 Å². The monoisotopic (exact) mass is 299 g/mol. The Hall–Kier alpha value is -2.35. The number of hydrogen-bond donors (Lipinski definition) is 1. The third kappa shape index (κ3) is 2.69. The number of imide groups is 1. The first-order chi connectivity index (χ1) is 10.6. The van der Waals surface area contributed by atoms with E-state index in [1.807, 2.05) is 37.3 Å². The average molecular weight is 299 g/mol. The molecule has 1 unspecified atom stereocenters. The van der Waals surface area contributed by atoms with E-state index in [4.69, 9.17) is 5.26 Å². The van der Waals surface area contributed by atoms with Gasteiger partial charge in [0.15, 0.2) is 0 Å². The van der Waals surface area contributed by atoms with Crippen LogP contribution in [0.25, 0.3) is 0 Å². The maximum atomic E-state index is 12.8. The van der Waals surface area contributed by atoms with Gasteiger partial charge in [0, 0.05) is 13.0 Å². The second-order valence-corrected chi connectivity index (χ2v) is 5.46. The molecule has 1 atom stereocenters. The molecule has 1 aromatic carbocycles. The van der Waals surface area contributed by atoms with Crippen molar-refractivity contribution in [3.8, 4) is 6.07 Å². The molecule has 1 aliphatic rings. The number of urea groups is 1. The quantitative estimate of drug-likeness (QED) is 0.648. The van der Waals surface area contributed by atoms with Gasteiger partial charge in [0.2, 0.25) is 0 Å². The SMILES string of the molecule is CCc1ccc(C2(CC)NC(=O)N(CCCC#N)C2=O)cc1. The number of carbonyl (C=O) groups is 2. The number of unbranched alkanes of at least 4 members (excludes halogenated alkanes) is 1. The van der Waals surface area contributed by atoms with Gasteiger partial charge in [-0.1, -0.05) is 38.1 Å². The number of nitrogens with zero attached hydrogens (tertiary/aromatic N) is 2. The molecule has 22 heavy (non-hydrogen) atoms. The zero-order chi connectivity index (χ0) is 16.2. The van der Waals surface area contributed by atoms with Crippen molar-refractivity contribution < 1.29 is 9.59 Å². The lowest BCUT2D eigenvalue weighted by molar-refractivity contribution is -0.131. The third-order valence-electron chi connectivity index (χ3n) is 4.23. The Morgan fingerprint density at radius 1 is 1.23 bits per heavy atom. The highest BCUT2D eigenvalue weighted by atomic mass is 16.2. The molecule has 5 heteroatoms. The van der Waals surface area contributed by atoms with Crippen LogP contribution in [0, 0.1) is 11.3 Å². The maximum Gasteiger partial charge on any atom is 0.325 e. The summed E-state index contributed by atoms with van der Waals surface area (Å²) in [6.07, 6.45) is 2.27. The van der Waals surface area contributed by atoms with Gasteiger partial charge in [0.25, 0.3) is 5.91 Å². The van der Waals surface area contributed by atoms with Crippen molar-refractivity contribution in [3.05, 3.63) is 35.4 Å². The number of aryl methyl sites for hydroxylation is 1. The van der Waals surface area contributed by atoms with Crippen LogP contribution in [-0.2, 0) is 16.8 Å². The first-order valence-electron chi connectivity index (χ1n) is 7.69. The Kier molecular flexibility index (Phi) is 4.81. The molecule has 1 aromatic rings. The number of nitriles is 1. The van der Waals surface area contributed by atoms with E-state index in [1.165, 1.54) is 10.5 Å². The molecule has 0 bridgehead atoms. The van der Waals surface area contributed by atoms with Gasteiger partial charge in [0.05, 0.1) is 6.07 Å². The topological polar surface area (TPSA) is 73.2 Å². The van der Waals surface area contributed by atoms with E-state index in [1.54, 1.807) is 0 Å². The molecule has 116 valence electrons. The molecule has 3 amide bonds. The fourth-order valence-electron chi connectivity index (χ4n) is 2.81. The molecule has 0 aromatic heterocycles. The highest BCUT2D eigenvalue weighted by molar-refractivity contribution is 6.07. The zero-order valence-electron chi connectivity index (χ0n) is 13.1. The molecule has 2 rings (SSSR count). The van der Waals surface area contributed by atoms with Crippen LogP contribution >= 0.6 is 0 Å². The zero-order valence-corrected chi connectivity index (χ0v) is 13.1. The smallest absolute Gasteiger partial charge is 0.319 e. The summed E-state index contributed by atoms with van der Waals surface area (Å²) >= 11 is 0. The molecule has 0 spiro atoms. The Bertz CT molecular complexity index is 603. The van der Waals surface area contributed by atoms with Gasteiger partial charge in [-0.2, -0.15) is 5.26 Å². The van der Waals surface area contributed by atoms with Crippen molar-refractivity contribution in [3.63, 3.8) is 0 Å². The normalized spacial score (nSPS) is 20.9. The van der Waals surface area contributed by atoms with E-state index in [-0.39, 0.29) is 18.5 Å². The summed E-state index contributed by atoms with van der Waals surface area (Å²) in [4.78, 5) is 26.2. The summed E-state index contributed by atoms with van der Waals surface area (Å²) in [5, 5.41) is 11.4. The molecule has 0 radical (unpaired) electrons. The summed E-state index contributed by atoms with van der Waals surface area (Å²) in [5.74, 6) is -0.220. The van der Waals surface area contributed by atoms with Gasteiger partial charge < -0.3 is 5.32 Å². The molecule has 1 heterocycles. The summed E-state index contributed by atoms with van der Waals surface area (Å²) in [6.45, 7) is 4.25. The third-order valence-corrected chi connectivity index (χ3v) is 4.23. The Morgan fingerprint density at radius 3 is 2.45 bits per heavy atom. The molecule has 0 saturated carbocycles. The molecule has 1 aliphatic heterocycles. The van der Waals surface area contributed by atoms with Crippen LogP contribution in [0.1, 0.15) is 44.2 Å². The van der Waals surface area contributed by atoms with E-state index < -0.39 is 5.54 Å². The van der Waals surface area contributed by atoms with Gasteiger partial charge in [-0.3, -0.25) is 9.69 Å². The van der Waals surface area contributed by atoms with Crippen LogP contribution < -0.4 is 5.32 Å². The number of amides is 3.